The van der Waals surface area contributed by atoms with Crippen molar-refractivity contribution < 1.29 is 0 Å². The molecule has 3 heteroatoms. The molecule has 0 radical (unpaired) electrons. The molecule has 0 unspecified atom stereocenters. The number of hydrogen-bond donors (Lipinski definition) is 0. The Morgan fingerprint density at radius 1 is 0.944 bits per heavy atom. The second-order valence-corrected chi connectivity index (χ2v) is 13.8. The molecule has 104 valence electrons. The van der Waals surface area contributed by atoms with Crippen molar-refractivity contribution in [3.8, 4) is 0 Å². The second kappa shape index (κ2) is 13.5. The summed E-state index contributed by atoms with van der Waals surface area (Å²) in [6.07, 6.45) is 11.6. The fourth-order valence-electron chi connectivity index (χ4n) is 2.19. The van der Waals surface area contributed by atoms with E-state index in [2.05, 4.69) is 47.9 Å². The minimum atomic E-state index is -1.48. The van der Waals surface area contributed by atoms with Crippen LogP contribution < -0.4 is 0 Å². The van der Waals surface area contributed by atoms with Crippen LogP contribution in [0.15, 0.2) is 17.3 Å². The van der Waals surface area contributed by atoms with Crippen LogP contribution in [-0.2, 0) is 0 Å². The number of allylic oxidation sites excluding steroid dienone is 1. The van der Waals surface area contributed by atoms with E-state index in [4.69, 9.17) is 0 Å². The van der Waals surface area contributed by atoms with Crippen molar-refractivity contribution in [3.05, 3.63) is 12.3 Å². The number of rotatable bonds is 11. The predicted molar refractivity (Wildman–Crippen MR) is 85.7 cm³/mol. The van der Waals surface area contributed by atoms with Crippen LogP contribution in [0.1, 0.15) is 53.4 Å². The van der Waals surface area contributed by atoms with Gasteiger partial charge in [-0.3, -0.25) is 0 Å². The van der Waals surface area contributed by atoms with Crippen molar-refractivity contribution in [1.82, 2.24) is 2.89 Å². The first-order chi connectivity index (χ1) is 8.79. The third-order valence-corrected chi connectivity index (χ3v) is 14.0. The van der Waals surface area contributed by atoms with E-state index in [1.165, 1.54) is 34.2 Å². The molecule has 0 saturated carbocycles. The molecule has 0 atom stereocenters. The van der Waals surface area contributed by atoms with Gasteiger partial charge in [0.2, 0.25) is 0 Å². The Labute approximate surface area is 122 Å². The van der Waals surface area contributed by atoms with E-state index in [9.17, 15) is 0 Å². The van der Waals surface area contributed by atoms with Gasteiger partial charge in [0.25, 0.3) is 0 Å². The summed E-state index contributed by atoms with van der Waals surface area (Å²) in [4.78, 5) is 4.36. The summed E-state index contributed by atoms with van der Waals surface area (Å²) in [7, 11) is 0. The van der Waals surface area contributed by atoms with Crippen LogP contribution in [0.2, 0.25) is 8.35 Å². The number of nitrogens with zero attached hydrogens (tertiary/aromatic N) is 2. The third kappa shape index (κ3) is 9.07. The van der Waals surface area contributed by atoms with Crippen LogP contribution >= 0.6 is 0 Å². The molecule has 0 N–H and O–H groups in total. The summed E-state index contributed by atoms with van der Waals surface area (Å²) in [6, 6.07) is 0. The maximum atomic E-state index is 4.36. The van der Waals surface area contributed by atoms with Crippen molar-refractivity contribution >= 4 is 27.9 Å². The Hall–Kier alpha value is 0.0801. The molecule has 0 amide bonds. The molecule has 0 spiro atoms. The standard InChI is InChI=1S/C9H17N2.2C3H7.In/c1-3-6-10-8-5-9-11-7-4-2;2*1-3-2;/h5,8-9H,3-4,6-7H2,1-2H3;2*1,3H2,2H3;/q-1;;;+1/b8-5-,11-9?;;;. The zero-order valence-electron chi connectivity index (χ0n) is 12.9. The molecule has 0 aromatic carbocycles. The molecule has 0 bridgehead atoms. The summed E-state index contributed by atoms with van der Waals surface area (Å²) >= 11 is -1.48. The Kier molecular flexibility index (Phi) is 13.6. The van der Waals surface area contributed by atoms with Crippen molar-refractivity contribution in [3.63, 3.8) is 0 Å². The molecule has 2 nitrogen and oxygen atoms in total. The van der Waals surface area contributed by atoms with E-state index in [-0.39, 0.29) is 0 Å². The SMILES string of the molecule is CCCN=C/C=C\[N](CCC)[In]([CH2]CC)[CH2]CC. The number of aliphatic imine (C=N–C) groups is 1. The first kappa shape index (κ1) is 18.1. The zero-order valence-corrected chi connectivity index (χ0v) is 16.2. The quantitative estimate of drug-likeness (QED) is 0.499. The molecule has 0 aromatic rings. The van der Waals surface area contributed by atoms with Gasteiger partial charge < -0.3 is 0 Å². The van der Waals surface area contributed by atoms with Gasteiger partial charge in [0, 0.05) is 0 Å². The average Bonchev–Trinajstić information content (AvgIpc) is 2.37. The molecule has 0 fully saturated rings. The predicted octanol–water partition coefficient (Wildman–Crippen LogP) is 4.50. The van der Waals surface area contributed by atoms with E-state index in [0.717, 1.165) is 13.0 Å². The minimum absolute atomic E-state index is 0.953. The van der Waals surface area contributed by atoms with Crippen LogP contribution in [0.3, 0.4) is 0 Å². The molecule has 0 aliphatic rings. The van der Waals surface area contributed by atoms with Crippen LogP contribution in [0, 0.1) is 0 Å². The van der Waals surface area contributed by atoms with Crippen LogP contribution in [0.25, 0.3) is 0 Å². The van der Waals surface area contributed by atoms with Gasteiger partial charge in [0.15, 0.2) is 0 Å². The van der Waals surface area contributed by atoms with E-state index in [1.54, 1.807) is 0 Å². The molecular formula is C15H31InN2. The first-order valence-corrected chi connectivity index (χ1v) is 13.9. The normalized spacial score (nSPS) is 11.6. The van der Waals surface area contributed by atoms with Crippen LogP contribution in [0.4, 0.5) is 0 Å². The van der Waals surface area contributed by atoms with E-state index in [1.807, 2.05) is 6.21 Å². The molecule has 0 saturated heterocycles. The second-order valence-electron chi connectivity index (χ2n) is 4.87. The van der Waals surface area contributed by atoms with E-state index in [0.29, 0.717) is 0 Å². The van der Waals surface area contributed by atoms with Crippen LogP contribution in [0.5, 0.6) is 0 Å². The first-order valence-electron chi connectivity index (χ1n) is 7.72. The molecule has 18 heavy (non-hydrogen) atoms. The van der Waals surface area contributed by atoms with E-state index >= 15 is 0 Å². The summed E-state index contributed by atoms with van der Waals surface area (Å²) in [5.74, 6) is 0. The van der Waals surface area contributed by atoms with Crippen molar-refractivity contribution in [2.45, 2.75) is 61.7 Å². The fraction of sp³-hybridized carbons (Fsp3) is 0.800. The molecule has 0 aromatic heterocycles. The molecule has 0 heterocycles. The van der Waals surface area contributed by atoms with Gasteiger partial charge >= 0.3 is 123 Å². The molecule has 0 aliphatic heterocycles. The Bertz CT molecular complexity index is 221. The Morgan fingerprint density at radius 2 is 1.61 bits per heavy atom. The van der Waals surface area contributed by atoms with Gasteiger partial charge in [-0.2, -0.15) is 0 Å². The zero-order chi connectivity index (χ0) is 13.6. The molecule has 0 aliphatic carbocycles. The van der Waals surface area contributed by atoms with Crippen molar-refractivity contribution in [2.24, 2.45) is 4.99 Å². The Balaban J connectivity index is 4.39. The summed E-state index contributed by atoms with van der Waals surface area (Å²) in [5, 5.41) is 0. The van der Waals surface area contributed by atoms with Gasteiger partial charge in [0.1, 0.15) is 0 Å². The monoisotopic (exact) mass is 354 g/mol. The van der Waals surface area contributed by atoms with Crippen molar-refractivity contribution in [1.29, 1.82) is 0 Å². The average molecular weight is 354 g/mol. The Morgan fingerprint density at radius 3 is 2.11 bits per heavy atom. The summed E-state index contributed by atoms with van der Waals surface area (Å²) in [5.41, 5.74) is 0. The van der Waals surface area contributed by atoms with E-state index < -0.39 is 21.7 Å². The maximum absolute atomic E-state index is 4.36. The van der Waals surface area contributed by atoms with Gasteiger partial charge in [0.05, 0.1) is 0 Å². The fourth-order valence-corrected chi connectivity index (χ4v) is 11.5. The number of hydrogen-bond acceptors (Lipinski definition) is 2. The van der Waals surface area contributed by atoms with Gasteiger partial charge in [-0.15, -0.1) is 0 Å². The summed E-state index contributed by atoms with van der Waals surface area (Å²) < 4.78 is 5.73. The summed E-state index contributed by atoms with van der Waals surface area (Å²) in [6.45, 7) is 11.3. The molecule has 0 rings (SSSR count). The van der Waals surface area contributed by atoms with Crippen molar-refractivity contribution in [2.75, 3.05) is 13.1 Å². The topological polar surface area (TPSA) is 15.6 Å². The van der Waals surface area contributed by atoms with Crippen LogP contribution in [-0.4, -0.2) is 43.9 Å². The third-order valence-electron chi connectivity index (χ3n) is 3.02. The van der Waals surface area contributed by atoms with Gasteiger partial charge in [-0.05, 0) is 0 Å². The van der Waals surface area contributed by atoms with Gasteiger partial charge in [-0.25, -0.2) is 0 Å². The molecular weight excluding hydrogens is 323 g/mol. The van der Waals surface area contributed by atoms with Gasteiger partial charge in [-0.1, -0.05) is 0 Å².